The Balaban J connectivity index is 1.77. The third-order valence-electron chi connectivity index (χ3n) is 6.48. The van der Waals surface area contributed by atoms with E-state index in [4.69, 9.17) is 0 Å². The van der Waals surface area contributed by atoms with E-state index in [2.05, 4.69) is 10.3 Å². The van der Waals surface area contributed by atoms with Crippen LogP contribution in [0.1, 0.15) is 66.6 Å². The Hall–Kier alpha value is -2.94. The summed E-state index contributed by atoms with van der Waals surface area (Å²) in [6.45, 7) is 2.01. The molecule has 1 aliphatic carbocycles. The van der Waals surface area contributed by atoms with Crippen LogP contribution in [0.2, 0.25) is 0 Å². The fourth-order valence-electron chi connectivity index (χ4n) is 4.48. The molecule has 1 N–H and O–H groups in total. The number of carbonyl (C=O) groups is 1. The molecule has 1 amide bonds. The topological polar surface area (TPSA) is 105 Å². The molecular weight excluding hydrogens is 500 g/mol. The first-order chi connectivity index (χ1) is 16.8. The van der Waals surface area contributed by atoms with Gasteiger partial charge in [-0.2, -0.15) is 18.4 Å². The molecule has 0 saturated heterocycles. The number of benzene rings is 1. The number of aryl methyl sites for hydroxylation is 2. The average Bonchev–Trinajstić information content (AvgIpc) is 3.19. The smallest absolute Gasteiger partial charge is 0.350 e. The van der Waals surface area contributed by atoms with Crippen molar-refractivity contribution in [3.63, 3.8) is 0 Å². The van der Waals surface area contributed by atoms with Gasteiger partial charge in [0.25, 0.3) is 5.91 Å². The van der Waals surface area contributed by atoms with Crippen LogP contribution in [0.15, 0.2) is 18.2 Å². The largest absolute Gasteiger partial charge is 0.389 e. The zero-order valence-electron chi connectivity index (χ0n) is 20.0. The Morgan fingerprint density at radius 1 is 1.25 bits per heavy atom. The number of rotatable bonds is 8. The first kappa shape index (κ1) is 27.6. The molecule has 0 bridgehead atoms. The third-order valence-corrected chi connectivity index (χ3v) is 8.17. The van der Waals surface area contributed by atoms with Gasteiger partial charge in [-0.3, -0.25) is 9.36 Å². The Kier molecular flexibility index (Phi) is 8.44. The normalized spacial score (nSPS) is 18.6. The van der Waals surface area contributed by atoms with Gasteiger partial charge in [-0.05, 0) is 55.7 Å². The molecule has 0 unspecified atom stereocenters. The first-order valence-electron chi connectivity index (χ1n) is 11.7. The highest BCUT2D eigenvalue weighted by molar-refractivity contribution is 7.91. The number of alkyl halides is 3. The highest BCUT2D eigenvalue weighted by Gasteiger charge is 2.30. The molecule has 1 saturated carbocycles. The number of nitrogens with one attached hydrogen (secondary N) is 1. The number of hydrogen-bond acceptors (Lipinski definition) is 5. The number of sulfone groups is 1. The summed E-state index contributed by atoms with van der Waals surface area (Å²) in [6, 6.07) is 5.54. The fourth-order valence-corrected chi connectivity index (χ4v) is 5.61. The van der Waals surface area contributed by atoms with Crippen molar-refractivity contribution >= 4 is 15.7 Å². The predicted octanol–water partition coefficient (Wildman–Crippen LogP) is 4.27. The lowest BCUT2D eigenvalue weighted by Crippen LogP contribution is -2.34. The lowest BCUT2D eigenvalue weighted by molar-refractivity contribution is -0.134. The highest BCUT2D eigenvalue weighted by atomic mass is 32.2. The molecular formula is C24H28F4N4O3S. The molecule has 1 aliphatic rings. The molecule has 1 fully saturated rings. The van der Waals surface area contributed by atoms with E-state index >= 15 is 0 Å². The second-order valence-corrected chi connectivity index (χ2v) is 11.4. The van der Waals surface area contributed by atoms with Gasteiger partial charge < -0.3 is 5.32 Å². The van der Waals surface area contributed by atoms with Crippen molar-refractivity contribution in [3.05, 3.63) is 46.8 Å². The fraction of sp³-hybridized carbons (Fsp3) is 0.542. The van der Waals surface area contributed by atoms with E-state index in [1.54, 1.807) is 6.92 Å². The zero-order chi connectivity index (χ0) is 26.7. The van der Waals surface area contributed by atoms with E-state index < -0.39 is 34.2 Å². The van der Waals surface area contributed by atoms with Crippen LogP contribution in [0, 0.1) is 23.1 Å². The van der Waals surface area contributed by atoms with E-state index in [1.165, 1.54) is 23.0 Å². The second-order valence-electron chi connectivity index (χ2n) is 9.11. The quantitative estimate of drug-likeness (QED) is 0.515. The second kappa shape index (κ2) is 11.0. The first-order valence-corrected chi connectivity index (χ1v) is 13.6. The van der Waals surface area contributed by atoms with Crippen molar-refractivity contribution in [3.8, 4) is 11.8 Å². The molecule has 1 aromatic heterocycles. The summed E-state index contributed by atoms with van der Waals surface area (Å²) in [4.78, 5) is 17.1. The van der Waals surface area contributed by atoms with Crippen LogP contribution in [-0.4, -0.2) is 48.1 Å². The van der Waals surface area contributed by atoms with Crippen LogP contribution in [0.25, 0.3) is 5.69 Å². The van der Waals surface area contributed by atoms with Crippen molar-refractivity contribution in [2.45, 2.75) is 63.3 Å². The molecule has 3 rings (SSSR count). The minimum Gasteiger partial charge on any atom is -0.350 e. The van der Waals surface area contributed by atoms with Gasteiger partial charge in [-0.1, -0.05) is 13.0 Å². The van der Waals surface area contributed by atoms with Crippen molar-refractivity contribution in [1.82, 2.24) is 14.9 Å². The van der Waals surface area contributed by atoms with E-state index in [1.807, 2.05) is 6.07 Å². The number of carbonyl (C=O) groups excluding carboxylic acids is 1. The number of imidazole rings is 1. The van der Waals surface area contributed by atoms with Gasteiger partial charge in [0.1, 0.15) is 27.5 Å². The Morgan fingerprint density at radius 2 is 1.92 bits per heavy atom. The molecule has 1 aromatic carbocycles. The maximum atomic E-state index is 14.9. The monoisotopic (exact) mass is 528 g/mol. The van der Waals surface area contributed by atoms with E-state index in [9.17, 15) is 36.0 Å². The van der Waals surface area contributed by atoms with E-state index in [0.717, 1.165) is 6.07 Å². The lowest BCUT2D eigenvalue weighted by atomic mass is 9.89. The lowest BCUT2D eigenvalue weighted by Gasteiger charge is -2.27. The summed E-state index contributed by atoms with van der Waals surface area (Å²) < 4.78 is 77.1. The van der Waals surface area contributed by atoms with Gasteiger partial charge >= 0.3 is 6.18 Å². The summed E-state index contributed by atoms with van der Waals surface area (Å²) in [5.74, 6) is -1.08. The summed E-state index contributed by atoms with van der Waals surface area (Å²) in [5.41, 5.74) is -0.259. The summed E-state index contributed by atoms with van der Waals surface area (Å²) in [6.07, 6.45) is -2.00. The maximum absolute atomic E-state index is 14.9. The highest BCUT2D eigenvalue weighted by Crippen LogP contribution is 2.28. The molecule has 0 aliphatic heterocycles. The Labute approximate surface area is 207 Å². The number of aromatic nitrogens is 2. The standard InChI is InChI=1S/C24H28F4N4O3S/c1-3-21-31-22(23(33)30-14-16-4-7-17(8-5-16)36(2,34)35)20(13-29)32(21)19-9-6-15(12-18(19)25)10-11-24(26,27)28/h6,9,12,16-17H,3-5,7-8,10-11,14H2,1-2H3,(H,30,33)/t16-,17-. The number of halogens is 4. The summed E-state index contributed by atoms with van der Waals surface area (Å²) in [7, 11) is -3.10. The molecule has 0 spiro atoms. The van der Waals surface area contributed by atoms with E-state index in [-0.39, 0.29) is 59.0 Å². The number of nitriles is 1. The molecule has 196 valence electrons. The van der Waals surface area contributed by atoms with Crippen molar-refractivity contribution in [2.75, 3.05) is 12.8 Å². The Morgan fingerprint density at radius 3 is 2.44 bits per heavy atom. The van der Waals surface area contributed by atoms with Gasteiger partial charge in [0.05, 0.1) is 10.9 Å². The molecule has 36 heavy (non-hydrogen) atoms. The Bertz CT molecular complexity index is 1260. The molecule has 7 nitrogen and oxygen atoms in total. The molecule has 2 aromatic rings. The number of nitrogens with zero attached hydrogens (tertiary/aromatic N) is 3. The SMILES string of the molecule is CCc1nc(C(=O)NC[C@H]2CC[C@H](S(C)(=O)=O)CC2)c(C#N)n1-c1ccc(CCC(F)(F)F)cc1F. The van der Waals surface area contributed by atoms with Crippen molar-refractivity contribution < 1.29 is 30.8 Å². The minimum absolute atomic E-state index is 0.0789. The summed E-state index contributed by atoms with van der Waals surface area (Å²) >= 11 is 0. The maximum Gasteiger partial charge on any atom is 0.389 e. The molecule has 12 heteroatoms. The molecule has 0 radical (unpaired) electrons. The average molecular weight is 529 g/mol. The zero-order valence-corrected chi connectivity index (χ0v) is 20.8. The van der Waals surface area contributed by atoms with Crippen LogP contribution < -0.4 is 5.32 Å². The van der Waals surface area contributed by atoms with Crippen LogP contribution in [0.4, 0.5) is 17.6 Å². The van der Waals surface area contributed by atoms with E-state index in [0.29, 0.717) is 25.7 Å². The van der Waals surface area contributed by atoms with Gasteiger partial charge in [0, 0.05) is 25.6 Å². The van der Waals surface area contributed by atoms with Crippen LogP contribution in [-0.2, 0) is 22.7 Å². The predicted molar refractivity (Wildman–Crippen MR) is 125 cm³/mol. The van der Waals surface area contributed by atoms with Gasteiger partial charge in [-0.25, -0.2) is 17.8 Å². The van der Waals surface area contributed by atoms with Gasteiger partial charge in [0.2, 0.25) is 0 Å². The van der Waals surface area contributed by atoms with Crippen LogP contribution in [0.3, 0.4) is 0 Å². The van der Waals surface area contributed by atoms with Gasteiger partial charge in [-0.15, -0.1) is 0 Å². The number of amides is 1. The molecule has 0 atom stereocenters. The summed E-state index contributed by atoms with van der Waals surface area (Å²) in [5, 5.41) is 12.1. The van der Waals surface area contributed by atoms with Crippen molar-refractivity contribution in [2.24, 2.45) is 5.92 Å². The molecule has 1 heterocycles. The van der Waals surface area contributed by atoms with Gasteiger partial charge in [0.15, 0.2) is 11.4 Å². The van der Waals surface area contributed by atoms with Crippen LogP contribution >= 0.6 is 0 Å². The van der Waals surface area contributed by atoms with Crippen LogP contribution in [0.5, 0.6) is 0 Å². The third kappa shape index (κ3) is 6.63. The number of hydrogen-bond donors (Lipinski definition) is 1. The van der Waals surface area contributed by atoms with Crippen molar-refractivity contribution in [1.29, 1.82) is 5.26 Å². The minimum atomic E-state index is -4.36.